The highest BCUT2D eigenvalue weighted by molar-refractivity contribution is 7.89. The van der Waals surface area contributed by atoms with E-state index in [-0.39, 0.29) is 10.9 Å². The van der Waals surface area contributed by atoms with Crippen LogP contribution in [-0.2, 0) is 19.6 Å². The Bertz CT molecular complexity index is 525. The quantitative estimate of drug-likeness (QED) is 0.761. The van der Waals surface area contributed by atoms with E-state index >= 15 is 0 Å². The molecule has 1 atom stereocenters. The molecule has 0 bridgehead atoms. The predicted molar refractivity (Wildman–Crippen MR) is 72.4 cm³/mol. The molecular formula is C12H18N2O4S. The zero-order valence-corrected chi connectivity index (χ0v) is 12.0. The summed E-state index contributed by atoms with van der Waals surface area (Å²) in [5, 5.41) is 2.93. The van der Waals surface area contributed by atoms with Crippen LogP contribution in [0.4, 0.5) is 5.69 Å². The zero-order chi connectivity index (χ0) is 14.5. The van der Waals surface area contributed by atoms with E-state index in [4.69, 9.17) is 4.74 Å². The molecule has 6 nitrogen and oxygen atoms in total. The first-order chi connectivity index (χ1) is 8.90. The molecule has 1 aromatic rings. The number of hydrogen-bond acceptors (Lipinski definition) is 5. The van der Waals surface area contributed by atoms with E-state index in [9.17, 15) is 13.2 Å². The van der Waals surface area contributed by atoms with E-state index in [1.54, 1.807) is 26.0 Å². The molecule has 0 fully saturated rings. The second-order valence-electron chi connectivity index (χ2n) is 3.85. The summed E-state index contributed by atoms with van der Waals surface area (Å²) in [5.74, 6) is -0.352. The third kappa shape index (κ3) is 4.22. The number of esters is 1. The van der Waals surface area contributed by atoms with Gasteiger partial charge >= 0.3 is 5.97 Å². The van der Waals surface area contributed by atoms with Gasteiger partial charge in [0, 0.05) is 5.69 Å². The molecule has 7 heteroatoms. The molecule has 19 heavy (non-hydrogen) atoms. The van der Waals surface area contributed by atoms with Crippen LogP contribution in [0.1, 0.15) is 13.8 Å². The largest absolute Gasteiger partial charge is 0.464 e. The fraction of sp³-hybridized carbons (Fsp3) is 0.417. The maximum Gasteiger partial charge on any atom is 0.328 e. The third-order valence-electron chi connectivity index (χ3n) is 2.46. The summed E-state index contributed by atoms with van der Waals surface area (Å²) < 4.78 is 30.1. The molecule has 0 aliphatic heterocycles. The second kappa shape index (κ2) is 6.53. The van der Waals surface area contributed by atoms with Gasteiger partial charge in [-0.1, -0.05) is 0 Å². The van der Waals surface area contributed by atoms with E-state index in [0.717, 1.165) is 0 Å². The van der Waals surface area contributed by atoms with E-state index in [2.05, 4.69) is 10.0 Å². The molecule has 0 spiro atoms. The Labute approximate surface area is 113 Å². The Hall–Kier alpha value is -1.60. The summed E-state index contributed by atoms with van der Waals surface area (Å²) in [5.41, 5.74) is 0.649. The number of hydrogen-bond donors (Lipinski definition) is 2. The summed E-state index contributed by atoms with van der Waals surface area (Å²) in [6.45, 7) is 3.74. The molecule has 0 aliphatic rings. The molecule has 0 saturated heterocycles. The lowest BCUT2D eigenvalue weighted by Crippen LogP contribution is -2.28. The summed E-state index contributed by atoms with van der Waals surface area (Å²) in [6.07, 6.45) is 0. The average Bonchev–Trinajstić information content (AvgIpc) is 2.39. The van der Waals surface area contributed by atoms with Gasteiger partial charge in [-0.25, -0.2) is 17.9 Å². The number of ether oxygens (including phenoxy) is 1. The van der Waals surface area contributed by atoms with Gasteiger partial charge in [0.2, 0.25) is 10.0 Å². The van der Waals surface area contributed by atoms with Crippen molar-refractivity contribution >= 4 is 21.7 Å². The van der Waals surface area contributed by atoms with Gasteiger partial charge in [0.25, 0.3) is 0 Å². The van der Waals surface area contributed by atoms with Crippen LogP contribution in [0, 0.1) is 0 Å². The molecule has 0 aliphatic carbocycles. The molecule has 2 N–H and O–H groups in total. The fourth-order valence-electron chi connectivity index (χ4n) is 1.42. The van der Waals surface area contributed by atoms with Gasteiger partial charge in [0.15, 0.2) is 0 Å². The smallest absolute Gasteiger partial charge is 0.328 e. The number of carbonyl (C=O) groups excluding carboxylic acids is 1. The minimum atomic E-state index is -3.44. The molecule has 0 radical (unpaired) electrons. The highest BCUT2D eigenvalue weighted by Gasteiger charge is 2.14. The highest BCUT2D eigenvalue weighted by atomic mass is 32.2. The summed E-state index contributed by atoms with van der Waals surface area (Å²) in [6, 6.07) is 5.63. The zero-order valence-electron chi connectivity index (χ0n) is 11.1. The third-order valence-corrected chi connectivity index (χ3v) is 3.89. The summed E-state index contributed by atoms with van der Waals surface area (Å²) in [7, 11) is -2.09. The second-order valence-corrected chi connectivity index (χ2v) is 5.74. The van der Waals surface area contributed by atoms with Crippen molar-refractivity contribution in [2.45, 2.75) is 24.8 Å². The van der Waals surface area contributed by atoms with Gasteiger partial charge in [-0.3, -0.25) is 0 Å². The Morgan fingerprint density at radius 1 is 1.32 bits per heavy atom. The molecule has 0 aromatic heterocycles. The van der Waals surface area contributed by atoms with Crippen LogP contribution in [0.25, 0.3) is 0 Å². The van der Waals surface area contributed by atoms with Gasteiger partial charge in [-0.2, -0.15) is 0 Å². The van der Waals surface area contributed by atoms with Gasteiger partial charge in [-0.15, -0.1) is 0 Å². The lowest BCUT2D eigenvalue weighted by molar-refractivity contribution is -0.143. The first-order valence-corrected chi connectivity index (χ1v) is 7.35. The molecular weight excluding hydrogens is 268 g/mol. The molecule has 1 unspecified atom stereocenters. The van der Waals surface area contributed by atoms with Crippen molar-refractivity contribution in [3.8, 4) is 0 Å². The monoisotopic (exact) mass is 286 g/mol. The van der Waals surface area contributed by atoms with E-state index in [1.165, 1.54) is 19.2 Å². The molecule has 1 aromatic carbocycles. The van der Waals surface area contributed by atoms with Gasteiger partial charge in [0.1, 0.15) is 6.04 Å². The number of carbonyl (C=O) groups is 1. The highest BCUT2D eigenvalue weighted by Crippen LogP contribution is 2.14. The normalized spacial score (nSPS) is 12.8. The number of benzene rings is 1. The van der Waals surface area contributed by atoms with Crippen LogP contribution in [-0.4, -0.2) is 34.1 Å². The van der Waals surface area contributed by atoms with Crippen molar-refractivity contribution in [3.63, 3.8) is 0 Å². The van der Waals surface area contributed by atoms with Gasteiger partial charge in [0.05, 0.1) is 11.5 Å². The van der Waals surface area contributed by atoms with Gasteiger partial charge < -0.3 is 10.1 Å². The van der Waals surface area contributed by atoms with Crippen LogP contribution < -0.4 is 10.0 Å². The van der Waals surface area contributed by atoms with Crippen molar-refractivity contribution in [1.29, 1.82) is 0 Å². The maximum absolute atomic E-state index is 11.5. The molecule has 0 heterocycles. The molecule has 106 valence electrons. The minimum absolute atomic E-state index is 0.171. The topological polar surface area (TPSA) is 84.5 Å². The number of rotatable bonds is 6. The van der Waals surface area contributed by atoms with E-state index < -0.39 is 16.1 Å². The molecule has 0 saturated carbocycles. The number of sulfonamides is 1. The van der Waals surface area contributed by atoms with Crippen molar-refractivity contribution in [1.82, 2.24) is 4.72 Å². The molecule has 1 rings (SSSR count). The van der Waals surface area contributed by atoms with Crippen LogP contribution in [0.2, 0.25) is 0 Å². The van der Waals surface area contributed by atoms with Crippen LogP contribution in [0.15, 0.2) is 29.2 Å². The Morgan fingerprint density at radius 2 is 1.89 bits per heavy atom. The summed E-state index contributed by atoms with van der Waals surface area (Å²) >= 11 is 0. The van der Waals surface area contributed by atoms with Gasteiger partial charge in [-0.05, 0) is 45.2 Å². The summed E-state index contributed by atoms with van der Waals surface area (Å²) in [4.78, 5) is 11.6. The minimum Gasteiger partial charge on any atom is -0.464 e. The van der Waals surface area contributed by atoms with Crippen LogP contribution in [0.5, 0.6) is 0 Å². The standard InChI is InChI=1S/C12H18N2O4S/c1-4-18-12(15)9(2)14-10-5-7-11(8-6-10)19(16,17)13-3/h5-9,13-14H,4H2,1-3H3. The van der Waals surface area contributed by atoms with Crippen molar-refractivity contribution in [3.05, 3.63) is 24.3 Å². The lowest BCUT2D eigenvalue weighted by Gasteiger charge is -2.14. The Morgan fingerprint density at radius 3 is 2.37 bits per heavy atom. The van der Waals surface area contributed by atoms with Crippen LogP contribution in [0.3, 0.4) is 0 Å². The number of anilines is 1. The van der Waals surface area contributed by atoms with Crippen LogP contribution >= 0.6 is 0 Å². The first-order valence-electron chi connectivity index (χ1n) is 5.87. The van der Waals surface area contributed by atoms with Crippen molar-refractivity contribution in [2.24, 2.45) is 0 Å². The first kappa shape index (κ1) is 15.5. The average molecular weight is 286 g/mol. The SMILES string of the molecule is CCOC(=O)C(C)Nc1ccc(S(=O)(=O)NC)cc1. The Balaban J connectivity index is 2.75. The lowest BCUT2D eigenvalue weighted by atomic mass is 10.2. The van der Waals surface area contributed by atoms with E-state index in [1.807, 2.05) is 0 Å². The fourth-order valence-corrected chi connectivity index (χ4v) is 2.15. The molecule has 0 amide bonds. The van der Waals surface area contributed by atoms with Crippen molar-refractivity contribution in [2.75, 3.05) is 19.0 Å². The van der Waals surface area contributed by atoms with E-state index in [0.29, 0.717) is 12.3 Å². The number of nitrogens with one attached hydrogen (secondary N) is 2. The predicted octanol–water partition coefficient (Wildman–Crippen LogP) is 0.958. The maximum atomic E-state index is 11.5. The van der Waals surface area contributed by atoms with Crippen molar-refractivity contribution < 1.29 is 17.9 Å². The Kier molecular flexibility index (Phi) is 5.31.